The minimum absolute atomic E-state index is 0. The average molecular weight is 443 g/mol. The molecular formula is C14H24ClIN4S. The van der Waals surface area contributed by atoms with Gasteiger partial charge in [-0.1, -0.05) is 17.7 Å². The van der Waals surface area contributed by atoms with Gasteiger partial charge in [0.25, 0.3) is 0 Å². The highest BCUT2D eigenvalue weighted by atomic mass is 127. The van der Waals surface area contributed by atoms with Crippen molar-refractivity contribution in [3.8, 4) is 0 Å². The summed E-state index contributed by atoms with van der Waals surface area (Å²) in [5.41, 5.74) is 1.15. The summed E-state index contributed by atoms with van der Waals surface area (Å²) in [4.78, 5) is 6.39. The van der Waals surface area contributed by atoms with Crippen molar-refractivity contribution in [2.45, 2.75) is 6.54 Å². The van der Waals surface area contributed by atoms with Gasteiger partial charge in [-0.25, -0.2) is 0 Å². The first-order chi connectivity index (χ1) is 9.58. The van der Waals surface area contributed by atoms with Crippen LogP contribution in [0.15, 0.2) is 29.9 Å². The van der Waals surface area contributed by atoms with Gasteiger partial charge in [-0.05, 0) is 6.07 Å². The molecule has 0 fully saturated rings. The Morgan fingerprint density at radius 2 is 2.33 bits per heavy atom. The van der Waals surface area contributed by atoms with Crippen LogP contribution in [0.3, 0.4) is 0 Å². The number of nitrogens with zero attached hydrogens (tertiary/aromatic N) is 3. The first kappa shape index (κ1) is 20.7. The topological polar surface area (TPSA) is 32.6 Å². The number of rotatable bonds is 7. The van der Waals surface area contributed by atoms with Crippen LogP contribution in [0.2, 0.25) is 5.02 Å². The molecule has 0 saturated heterocycles. The predicted molar refractivity (Wildman–Crippen MR) is 106 cm³/mol. The van der Waals surface area contributed by atoms with Gasteiger partial charge in [0.15, 0.2) is 5.96 Å². The van der Waals surface area contributed by atoms with Gasteiger partial charge in [0.1, 0.15) is 0 Å². The van der Waals surface area contributed by atoms with E-state index in [4.69, 9.17) is 11.6 Å². The van der Waals surface area contributed by atoms with E-state index in [9.17, 15) is 0 Å². The zero-order valence-electron chi connectivity index (χ0n) is 12.8. The van der Waals surface area contributed by atoms with Crippen molar-refractivity contribution in [2.75, 3.05) is 32.1 Å². The minimum Gasteiger partial charge on any atom is -0.355 e. The molecule has 7 heteroatoms. The molecule has 1 rings (SSSR count). The van der Waals surface area contributed by atoms with E-state index in [2.05, 4.69) is 21.8 Å². The molecule has 1 aromatic rings. The fourth-order valence-corrected chi connectivity index (χ4v) is 2.68. The van der Waals surface area contributed by atoms with Crippen molar-refractivity contribution in [3.63, 3.8) is 0 Å². The summed E-state index contributed by atoms with van der Waals surface area (Å²) in [6.07, 6.45) is 3.83. The van der Waals surface area contributed by atoms with E-state index in [0.717, 1.165) is 41.3 Å². The van der Waals surface area contributed by atoms with E-state index in [1.807, 2.05) is 48.8 Å². The Morgan fingerprint density at radius 1 is 1.62 bits per heavy atom. The van der Waals surface area contributed by atoms with E-state index < -0.39 is 0 Å². The highest BCUT2D eigenvalue weighted by molar-refractivity contribution is 14.0. The number of hydrogen-bond acceptors (Lipinski definition) is 2. The average Bonchev–Trinajstić information content (AvgIpc) is 2.72. The van der Waals surface area contributed by atoms with Crippen LogP contribution in [-0.4, -0.2) is 47.6 Å². The molecular weight excluding hydrogens is 419 g/mol. The molecule has 0 aliphatic carbocycles. The zero-order valence-corrected chi connectivity index (χ0v) is 16.7. The maximum absolute atomic E-state index is 6.00. The number of aliphatic imine (C=N–C) groups is 1. The van der Waals surface area contributed by atoms with Crippen LogP contribution in [-0.2, 0) is 13.6 Å². The van der Waals surface area contributed by atoms with Gasteiger partial charge in [-0.15, -0.1) is 30.6 Å². The zero-order chi connectivity index (χ0) is 15.0. The van der Waals surface area contributed by atoms with Crippen molar-refractivity contribution in [3.05, 3.63) is 35.6 Å². The molecule has 1 aromatic heterocycles. The molecule has 120 valence electrons. The van der Waals surface area contributed by atoms with Crippen LogP contribution < -0.4 is 5.32 Å². The second-order valence-electron chi connectivity index (χ2n) is 4.45. The number of hydrogen-bond donors (Lipinski definition) is 1. The summed E-state index contributed by atoms with van der Waals surface area (Å²) < 4.78 is 2.03. The maximum Gasteiger partial charge on any atom is 0.193 e. The summed E-state index contributed by atoms with van der Waals surface area (Å²) in [6, 6.07) is 1.98. The van der Waals surface area contributed by atoms with Crippen molar-refractivity contribution in [2.24, 2.45) is 12.0 Å². The van der Waals surface area contributed by atoms with Gasteiger partial charge < -0.3 is 14.8 Å². The molecule has 0 saturated carbocycles. The lowest BCUT2D eigenvalue weighted by Crippen LogP contribution is -2.39. The number of aromatic nitrogens is 1. The van der Waals surface area contributed by atoms with E-state index in [1.54, 1.807) is 7.05 Å². The third-order valence-corrected chi connectivity index (χ3v) is 3.98. The lowest BCUT2D eigenvalue weighted by molar-refractivity contribution is 0.464. The van der Waals surface area contributed by atoms with E-state index in [1.165, 1.54) is 0 Å². The van der Waals surface area contributed by atoms with Gasteiger partial charge in [0.2, 0.25) is 0 Å². The number of nitrogens with one attached hydrogen (secondary N) is 1. The number of thioether (sulfide) groups is 1. The lowest BCUT2D eigenvalue weighted by Gasteiger charge is -2.22. The number of halogens is 2. The van der Waals surface area contributed by atoms with Crippen molar-refractivity contribution in [1.82, 2.24) is 14.8 Å². The molecule has 0 aromatic carbocycles. The Morgan fingerprint density at radius 3 is 2.86 bits per heavy atom. The van der Waals surface area contributed by atoms with Crippen LogP contribution in [0, 0.1) is 0 Å². The quantitative estimate of drug-likeness (QED) is 0.231. The Balaban J connectivity index is 0.00000400. The van der Waals surface area contributed by atoms with Gasteiger partial charge in [0, 0.05) is 51.1 Å². The molecule has 0 radical (unpaired) electrons. The molecule has 0 aliphatic heterocycles. The third kappa shape index (κ3) is 7.46. The molecule has 1 N–H and O–H groups in total. The second-order valence-corrected chi connectivity index (χ2v) is 6.04. The van der Waals surface area contributed by atoms with Crippen molar-refractivity contribution >= 4 is 53.3 Å². The second kappa shape index (κ2) is 11.3. The van der Waals surface area contributed by atoms with E-state index in [0.29, 0.717) is 0 Å². The first-order valence-electron chi connectivity index (χ1n) is 6.49. The molecule has 0 atom stereocenters. The van der Waals surface area contributed by atoms with Crippen LogP contribution in [0.4, 0.5) is 0 Å². The molecule has 0 spiro atoms. The molecule has 4 nitrogen and oxygen atoms in total. The fraction of sp³-hybridized carbons (Fsp3) is 0.500. The first-order valence-corrected chi connectivity index (χ1v) is 8.03. The Hall–Kier alpha value is -0.340. The summed E-state index contributed by atoms with van der Waals surface area (Å²) >= 11 is 7.85. The van der Waals surface area contributed by atoms with Crippen LogP contribution >= 0.6 is 47.3 Å². The monoisotopic (exact) mass is 442 g/mol. The van der Waals surface area contributed by atoms with E-state index >= 15 is 0 Å². The van der Waals surface area contributed by atoms with Crippen molar-refractivity contribution < 1.29 is 0 Å². The Bertz CT molecular complexity index is 462. The minimum atomic E-state index is 0. The smallest absolute Gasteiger partial charge is 0.193 e. The standard InChI is InChI=1S/C14H23ClN4S.HI/c1-5-7-20-8-6-17-14(16-2)19(4)11-13-9-12(15)10-18(13)3;/h5,9-10H,1,6-8,11H2,2-4H3,(H,16,17);1H. The molecule has 0 bridgehead atoms. The molecule has 21 heavy (non-hydrogen) atoms. The molecule has 1 heterocycles. The summed E-state index contributed by atoms with van der Waals surface area (Å²) in [5.74, 6) is 2.91. The number of guanidine groups is 1. The molecule has 0 amide bonds. The normalized spacial score (nSPS) is 11.0. The van der Waals surface area contributed by atoms with Crippen LogP contribution in [0.25, 0.3) is 0 Å². The summed E-state index contributed by atoms with van der Waals surface area (Å²) in [5, 5.41) is 4.12. The highest BCUT2D eigenvalue weighted by Crippen LogP contribution is 2.14. The Labute approximate surface area is 154 Å². The SMILES string of the molecule is C=CCSCCNC(=NC)N(C)Cc1cc(Cl)cn1C.I. The fourth-order valence-electron chi connectivity index (χ4n) is 1.83. The van der Waals surface area contributed by atoms with Gasteiger partial charge in [-0.3, -0.25) is 4.99 Å². The van der Waals surface area contributed by atoms with Gasteiger partial charge in [0.05, 0.1) is 11.6 Å². The third-order valence-electron chi connectivity index (χ3n) is 2.81. The maximum atomic E-state index is 6.00. The number of aryl methyl sites for hydroxylation is 1. The molecule has 0 aliphatic rings. The lowest BCUT2D eigenvalue weighted by atomic mass is 10.4. The summed E-state index contributed by atoms with van der Waals surface area (Å²) in [7, 11) is 5.82. The molecule has 0 unspecified atom stereocenters. The highest BCUT2D eigenvalue weighted by Gasteiger charge is 2.09. The Kier molecular flexibility index (Phi) is 11.1. The largest absolute Gasteiger partial charge is 0.355 e. The van der Waals surface area contributed by atoms with Crippen molar-refractivity contribution in [1.29, 1.82) is 0 Å². The van der Waals surface area contributed by atoms with Gasteiger partial charge in [-0.2, -0.15) is 11.8 Å². The van der Waals surface area contributed by atoms with E-state index in [-0.39, 0.29) is 24.0 Å². The summed E-state index contributed by atoms with van der Waals surface area (Å²) in [6.45, 7) is 5.37. The predicted octanol–water partition coefficient (Wildman–Crippen LogP) is 3.22. The van der Waals surface area contributed by atoms with Crippen LogP contribution in [0.1, 0.15) is 5.69 Å². The van der Waals surface area contributed by atoms with Gasteiger partial charge >= 0.3 is 0 Å². The van der Waals surface area contributed by atoms with Crippen LogP contribution in [0.5, 0.6) is 0 Å².